The van der Waals surface area contributed by atoms with Crippen LogP contribution >= 0.6 is 12.4 Å². The molecule has 1 unspecified atom stereocenters. The van der Waals surface area contributed by atoms with E-state index in [1.165, 1.54) is 0 Å². The Morgan fingerprint density at radius 1 is 1.42 bits per heavy atom. The highest BCUT2D eigenvalue weighted by atomic mass is 35.5. The van der Waals surface area contributed by atoms with E-state index in [2.05, 4.69) is 5.32 Å². The maximum Gasteiger partial charge on any atom is 0.244 e. The number of nitrogens with zero attached hydrogens (tertiary/aromatic N) is 2. The molecule has 0 saturated carbocycles. The SMILES string of the molecule is COCCNCC(=O)N1CCCC1C(=O)N(C)C.Cl. The summed E-state index contributed by atoms with van der Waals surface area (Å²) in [5.41, 5.74) is 0. The fraction of sp³-hybridized carbons (Fsp3) is 0.833. The number of hydrogen-bond acceptors (Lipinski definition) is 4. The van der Waals surface area contributed by atoms with Gasteiger partial charge in [-0.1, -0.05) is 0 Å². The Hall–Kier alpha value is -0.850. The minimum absolute atomic E-state index is 0. The number of likely N-dealkylation sites (tertiary alicyclic amines) is 1. The number of likely N-dealkylation sites (N-methyl/N-ethyl adjacent to an activating group) is 1. The third-order valence-electron chi connectivity index (χ3n) is 3.06. The van der Waals surface area contributed by atoms with Crippen LogP contribution in [0, 0.1) is 0 Å². The van der Waals surface area contributed by atoms with Gasteiger partial charge in [-0.05, 0) is 12.8 Å². The van der Waals surface area contributed by atoms with E-state index in [0.29, 0.717) is 19.7 Å². The first-order valence-corrected chi connectivity index (χ1v) is 6.28. The molecule has 0 radical (unpaired) electrons. The lowest BCUT2D eigenvalue weighted by Crippen LogP contribution is -2.48. The molecule has 19 heavy (non-hydrogen) atoms. The summed E-state index contributed by atoms with van der Waals surface area (Å²) in [6.07, 6.45) is 1.66. The highest BCUT2D eigenvalue weighted by Gasteiger charge is 2.34. The Morgan fingerprint density at radius 3 is 2.68 bits per heavy atom. The zero-order valence-corrected chi connectivity index (χ0v) is 12.7. The largest absolute Gasteiger partial charge is 0.383 e. The topological polar surface area (TPSA) is 61.9 Å². The lowest BCUT2D eigenvalue weighted by molar-refractivity contribution is -0.141. The third kappa shape index (κ3) is 5.34. The molecule has 1 rings (SSSR count). The van der Waals surface area contributed by atoms with Gasteiger partial charge in [0.1, 0.15) is 6.04 Å². The molecule has 1 aliphatic rings. The molecule has 1 aliphatic heterocycles. The average Bonchev–Trinajstić information content (AvgIpc) is 2.82. The van der Waals surface area contributed by atoms with Crippen molar-refractivity contribution in [2.24, 2.45) is 0 Å². The van der Waals surface area contributed by atoms with Gasteiger partial charge in [0.05, 0.1) is 13.2 Å². The van der Waals surface area contributed by atoms with Crippen LogP contribution in [0.4, 0.5) is 0 Å². The van der Waals surface area contributed by atoms with Gasteiger partial charge in [-0.2, -0.15) is 0 Å². The van der Waals surface area contributed by atoms with Crippen molar-refractivity contribution >= 4 is 24.2 Å². The van der Waals surface area contributed by atoms with Crippen molar-refractivity contribution < 1.29 is 14.3 Å². The number of hydrogen-bond donors (Lipinski definition) is 1. The molecule has 7 heteroatoms. The predicted octanol–water partition coefficient (Wildman–Crippen LogP) is -0.277. The van der Waals surface area contributed by atoms with Crippen molar-refractivity contribution in [3.63, 3.8) is 0 Å². The Kier molecular flexibility index (Phi) is 8.71. The van der Waals surface area contributed by atoms with E-state index in [-0.39, 0.29) is 36.8 Å². The van der Waals surface area contributed by atoms with Crippen molar-refractivity contribution in [2.45, 2.75) is 18.9 Å². The normalized spacial score (nSPS) is 18.1. The zero-order chi connectivity index (χ0) is 13.5. The summed E-state index contributed by atoms with van der Waals surface area (Å²) in [5, 5.41) is 3.01. The lowest BCUT2D eigenvalue weighted by atomic mass is 10.2. The summed E-state index contributed by atoms with van der Waals surface area (Å²) in [6.45, 7) is 2.16. The second-order valence-corrected chi connectivity index (χ2v) is 4.65. The molecule has 1 saturated heterocycles. The number of methoxy groups -OCH3 is 1. The Balaban J connectivity index is 0.00000324. The van der Waals surface area contributed by atoms with E-state index in [1.807, 2.05) is 0 Å². The van der Waals surface area contributed by atoms with E-state index in [0.717, 1.165) is 12.8 Å². The van der Waals surface area contributed by atoms with Crippen LogP contribution in [0.2, 0.25) is 0 Å². The number of rotatable bonds is 6. The van der Waals surface area contributed by atoms with Crippen LogP contribution < -0.4 is 5.32 Å². The van der Waals surface area contributed by atoms with Crippen molar-refractivity contribution in [3.8, 4) is 0 Å². The molecule has 2 amide bonds. The molecule has 0 aromatic rings. The number of ether oxygens (including phenoxy) is 1. The van der Waals surface area contributed by atoms with Gasteiger partial charge in [-0.25, -0.2) is 0 Å². The van der Waals surface area contributed by atoms with Crippen LogP contribution in [0.3, 0.4) is 0 Å². The smallest absolute Gasteiger partial charge is 0.244 e. The third-order valence-corrected chi connectivity index (χ3v) is 3.06. The van der Waals surface area contributed by atoms with Crippen LogP contribution in [0.5, 0.6) is 0 Å². The van der Waals surface area contributed by atoms with Gasteiger partial charge in [0.2, 0.25) is 11.8 Å². The van der Waals surface area contributed by atoms with Gasteiger partial charge in [-0.3, -0.25) is 9.59 Å². The fourth-order valence-electron chi connectivity index (χ4n) is 2.09. The van der Waals surface area contributed by atoms with Gasteiger partial charge < -0.3 is 19.9 Å². The Morgan fingerprint density at radius 2 is 2.11 bits per heavy atom. The minimum atomic E-state index is -0.281. The molecular formula is C12H24ClN3O3. The van der Waals surface area contributed by atoms with Crippen LogP contribution in [-0.4, -0.2) is 75.1 Å². The number of halogens is 1. The monoisotopic (exact) mass is 293 g/mol. The number of carbonyl (C=O) groups is 2. The van der Waals surface area contributed by atoms with Gasteiger partial charge in [0.25, 0.3) is 0 Å². The Bertz CT molecular complexity index is 300. The van der Waals surface area contributed by atoms with Crippen molar-refractivity contribution in [1.82, 2.24) is 15.1 Å². The second-order valence-electron chi connectivity index (χ2n) is 4.65. The molecule has 1 atom stereocenters. The standard InChI is InChI=1S/C12H23N3O3.ClH/c1-14(2)12(17)10-5-4-7-15(10)11(16)9-13-6-8-18-3;/h10,13H,4-9H2,1-3H3;1H. The average molecular weight is 294 g/mol. The van der Waals surface area contributed by atoms with Gasteiger partial charge in [-0.15, -0.1) is 12.4 Å². The second kappa shape index (κ2) is 9.12. The lowest BCUT2D eigenvalue weighted by Gasteiger charge is -2.26. The van der Waals surface area contributed by atoms with Crippen molar-refractivity contribution in [1.29, 1.82) is 0 Å². The molecule has 0 bridgehead atoms. The first-order valence-electron chi connectivity index (χ1n) is 6.28. The molecule has 6 nitrogen and oxygen atoms in total. The summed E-state index contributed by atoms with van der Waals surface area (Å²) in [5.74, 6) is 0.00143. The maximum atomic E-state index is 12.0. The fourth-order valence-corrected chi connectivity index (χ4v) is 2.09. The van der Waals surface area contributed by atoms with Crippen LogP contribution in [0.15, 0.2) is 0 Å². The summed E-state index contributed by atoms with van der Waals surface area (Å²) in [7, 11) is 5.07. The molecule has 0 aromatic carbocycles. The Labute approximate surface area is 120 Å². The first kappa shape index (κ1) is 18.1. The number of carbonyl (C=O) groups excluding carboxylic acids is 2. The molecule has 1 fully saturated rings. The van der Waals surface area contributed by atoms with E-state index >= 15 is 0 Å². The molecule has 112 valence electrons. The van der Waals surface area contributed by atoms with Crippen molar-refractivity contribution in [2.75, 3.05) is 47.4 Å². The van der Waals surface area contributed by atoms with Gasteiger partial charge >= 0.3 is 0 Å². The highest BCUT2D eigenvalue weighted by Crippen LogP contribution is 2.18. The van der Waals surface area contributed by atoms with E-state index < -0.39 is 0 Å². The van der Waals surface area contributed by atoms with Crippen molar-refractivity contribution in [3.05, 3.63) is 0 Å². The molecule has 0 spiro atoms. The zero-order valence-electron chi connectivity index (χ0n) is 11.8. The van der Waals surface area contributed by atoms with E-state index in [1.54, 1.807) is 31.0 Å². The molecule has 0 aromatic heterocycles. The maximum absolute atomic E-state index is 12.0. The van der Waals surface area contributed by atoms with Crippen LogP contribution in [0.1, 0.15) is 12.8 Å². The molecular weight excluding hydrogens is 270 g/mol. The van der Waals surface area contributed by atoms with E-state index in [4.69, 9.17) is 4.74 Å². The summed E-state index contributed by atoms with van der Waals surface area (Å²) >= 11 is 0. The molecule has 1 heterocycles. The summed E-state index contributed by atoms with van der Waals surface area (Å²) in [4.78, 5) is 27.2. The van der Waals surface area contributed by atoms with E-state index in [9.17, 15) is 9.59 Å². The molecule has 0 aliphatic carbocycles. The number of nitrogens with one attached hydrogen (secondary N) is 1. The quantitative estimate of drug-likeness (QED) is 0.685. The minimum Gasteiger partial charge on any atom is -0.383 e. The van der Waals surface area contributed by atoms with Gasteiger partial charge in [0, 0.05) is 34.3 Å². The van der Waals surface area contributed by atoms with Crippen LogP contribution in [-0.2, 0) is 14.3 Å². The highest BCUT2D eigenvalue weighted by molar-refractivity contribution is 5.88. The summed E-state index contributed by atoms with van der Waals surface area (Å²) < 4.78 is 4.89. The van der Waals surface area contributed by atoms with Gasteiger partial charge in [0.15, 0.2) is 0 Å². The number of amides is 2. The predicted molar refractivity (Wildman–Crippen MR) is 75.4 cm³/mol. The van der Waals surface area contributed by atoms with Crippen LogP contribution in [0.25, 0.3) is 0 Å². The summed E-state index contributed by atoms with van der Waals surface area (Å²) in [6, 6.07) is -0.281. The molecule has 1 N–H and O–H groups in total. The first-order chi connectivity index (χ1) is 8.57.